The van der Waals surface area contributed by atoms with E-state index in [0.29, 0.717) is 50.8 Å². The summed E-state index contributed by atoms with van der Waals surface area (Å²) in [5.41, 5.74) is -0.0809. The zero-order valence-electron chi connectivity index (χ0n) is 18.2. The zero-order valence-corrected chi connectivity index (χ0v) is 19.8. The Kier molecular flexibility index (Phi) is 7.76. The highest BCUT2D eigenvalue weighted by Gasteiger charge is 2.34. The van der Waals surface area contributed by atoms with E-state index in [1.165, 1.54) is 0 Å². The van der Waals surface area contributed by atoms with Crippen LogP contribution in [0.3, 0.4) is 0 Å². The van der Waals surface area contributed by atoms with Gasteiger partial charge in [0, 0.05) is 55.4 Å². The number of nitrogens with one attached hydrogen (secondary N) is 1. The minimum absolute atomic E-state index is 0.0120. The summed E-state index contributed by atoms with van der Waals surface area (Å²) in [6.07, 6.45) is 3.36. The minimum atomic E-state index is -0.634. The highest BCUT2D eigenvalue weighted by Crippen LogP contribution is 2.26. The van der Waals surface area contributed by atoms with Gasteiger partial charge in [-0.15, -0.1) is 0 Å². The number of hydrogen-bond donors (Lipinski definition) is 2. The first kappa shape index (κ1) is 23.4. The van der Waals surface area contributed by atoms with E-state index in [4.69, 9.17) is 4.74 Å². The van der Waals surface area contributed by atoms with Crippen molar-refractivity contribution in [3.8, 4) is 0 Å². The standard InChI is InChI=1S/C22H34BrN3O4/c1-15(2)26(21(28)18-12-19(23)16(3)24-20(18)27)13-17-4-8-25(9-5-17)14-22(29)6-10-30-11-7-22/h12,15,17,29H,4-11,13-14H2,1-3H3,(H,24,27). The number of β-amino-alcohol motifs (C(OH)–C–C–N with tert-alkyl or cyclic N) is 1. The number of carbonyl (C=O) groups excluding carboxylic acids is 1. The van der Waals surface area contributed by atoms with Gasteiger partial charge >= 0.3 is 0 Å². The molecule has 0 radical (unpaired) electrons. The molecule has 1 aromatic heterocycles. The molecule has 8 heteroatoms. The van der Waals surface area contributed by atoms with Gasteiger partial charge in [0.25, 0.3) is 11.5 Å². The Morgan fingerprint density at radius 2 is 2.00 bits per heavy atom. The summed E-state index contributed by atoms with van der Waals surface area (Å²) in [6, 6.07) is 1.64. The molecule has 3 rings (SSSR count). The van der Waals surface area contributed by atoms with Gasteiger partial charge < -0.3 is 24.6 Å². The molecule has 0 saturated carbocycles. The number of rotatable bonds is 6. The molecule has 0 atom stereocenters. The lowest BCUT2D eigenvalue weighted by atomic mass is 9.90. The van der Waals surface area contributed by atoms with E-state index in [1.54, 1.807) is 13.0 Å². The fourth-order valence-corrected chi connectivity index (χ4v) is 4.70. The molecule has 0 aromatic carbocycles. The Bertz CT molecular complexity index is 796. The summed E-state index contributed by atoms with van der Waals surface area (Å²) >= 11 is 3.41. The second kappa shape index (κ2) is 9.94. The third kappa shape index (κ3) is 5.72. The van der Waals surface area contributed by atoms with E-state index < -0.39 is 5.60 Å². The largest absolute Gasteiger partial charge is 0.388 e. The van der Waals surface area contributed by atoms with Gasteiger partial charge in [0.2, 0.25) is 0 Å². The first-order valence-corrected chi connectivity index (χ1v) is 11.7. The summed E-state index contributed by atoms with van der Waals surface area (Å²) < 4.78 is 6.11. The van der Waals surface area contributed by atoms with E-state index in [0.717, 1.165) is 30.4 Å². The first-order chi connectivity index (χ1) is 14.2. The second-order valence-corrected chi connectivity index (χ2v) is 9.95. The number of aryl methyl sites for hydroxylation is 1. The highest BCUT2D eigenvalue weighted by molar-refractivity contribution is 9.10. The predicted molar refractivity (Wildman–Crippen MR) is 120 cm³/mol. The third-order valence-electron chi connectivity index (χ3n) is 6.39. The number of carbonyl (C=O) groups is 1. The van der Waals surface area contributed by atoms with Crippen LogP contribution >= 0.6 is 15.9 Å². The quantitative estimate of drug-likeness (QED) is 0.649. The number of aromatic amines is 1. The summed E-state index contributed by atoms with van der Waals surface area (Å²) in [5.74, 6) is 0.177. The molecule has 2 aliphatic heterocycles. The Labute approximate surface area is 186 Å². The van der Waals surface area contributed by atoms with Crippen molar-refractivity contribution in [3.63, 3.8) is 0 Å². The maximum atomic E-state index is 13.1. The maximum absolute atomic E-state index is 13.1. The average Bonchev–Trinajstić information content (AvgIpc) is 2.69. The van der Waals surface area contributed by atoms with Gasteiger partial charge in [0.05, 0.1) is 5.60 Å². The van der Waals surface area contributed by atoms with Crippen LogP contribution in [0.1, 0.15) is 55.6 Å². The molecule has 1 aromatic rings. The van der Waals surface area contributed by atoms with Crippen LogP contribution in [0.2, 0.25) is 0 Å². The molecule has 2 fully saturated rings. The zero-order chi connectivity index (χ0) is 21.9. The van der Waals surface area contributed by atoms with Crippen molar-refractivity contribution in [1.29, 1.82) is 0 Å². The molecule has 2 aliphatic rings. The maximum Gasteiger partial charge on any atom is 0.261 e. The number of pyridine rings is 1. The Balaban J connectivity index is 1.59. The Morgan fingerprint density at radius 1 is 1.37 bits per heavy atom. The smallest absolute Gasteiger partial charge is 0.261 e. The van der Waals surface area contributed by atoms with Crippen molar-refractivity contribution in [2.45, 2.75) is 58.1 Å². The number of ether oxygens (including phenoxy) is 1. The predicted octanol–water partition coefficient (Wildman–Crippen LogP) is 2.55. The molecule has 3 heterocycles. The van der Waals surface area contributed by atoms with Crippen molar-refractivity contribution in [2.24, 2.45) is 5.92 Å². The topological polar surface area (TPSA) is 85.9 Å². The van der Waals surface area contributed by atoms with Crippen LogP contribution in [0.5, 0.6) is 0 Å². The average molecular weight is 484 g/mol. The van der Waals surface area contributed by atoms with Gasteiger partial charge in [0.15, 0.2) is 0 Å². The van der Waals surface area contributed by atoms with Crippen molar-refractivity contribution in [2.75, 3.05) is 39.4 Å². The van der Waals surface area contributed by atoms with Crippen LogP contribution in [0, 0.1) is 12.8 Å². The van der Waals surface area contributed by atoms with E-state index in [2.05, 4.69) is 25.8 Å². The van der Waals surface area contributed by atoms with Crippen LogP contribution in [0.25, 0.3) is 0 Å². The SMILES string of the molecule is Cc1[nH]c(=O)c(C(=O)N(CC2CCN(CC3(O)CCOCC3)CC2)C(C)C)cc1Br. The third-order valence-corrected chi connectivity index (χ3v) is 7.22. The van der Waals surface area contributed by atoms with E-state index >= 15 is 0 Å². The molecule has 2 saturated heterocycles. The number of likely N-dealkylation sites (tertiary alicyclic amines) is 1. The number of piperidine rings is 1. The molecule has 0 unspecified atom stereocenters. The minimum Gasteiger partial charge on any atom is -0.388 e. The second-order valence-electron chi connectivity index (χ2n) is 9.09. The van der Waals surface area contributed by atoms with Crippen molar-refractivity contribution >= 4 is 21.8 Å². The molecule has 0 aliphatic carbocycles. The van der Waals surface area contributed by atoms with Gasteiger partial charge in [-0.2, -0.15) is 0 Å². The monoisotopic (exact) mass is 483 g/mol. The number of H-pyrrole nitrogens is 1. The number of hydrogen-bond acceptors (Lipinski definition) is 5. The lowest BCUT2D eigenvalue weighted by molar-refractivity contribution is -0.0832. The molecular weight excluding hydrogens is 450 g/mol. The first-order valence-electron chi connectivity index (χ1n) is 10.9. The number of aliphatic hydroxyl groups is 1. The molecule has 1 amide bonds. The van der Waals surface area contributed by atoms with E-state index in [1.807, 2.05) is 18.7 Å². The summed E-state index contributed by atoms with van der Waals surface area (Å²) in [7, 11) is 0. The van der Waals surface area contributed by atoms with E-state index in [9.17, 15) is 14.7 Å². The van der Waals surface area contributed by atoms with Gasteiger partial charge in [-0.05, 0) is 74.6 Å². The molecule has 0 spiro atoms. The van der Waals surface area contributed by atoms with Crippen LogP contribution < -0.4 is 5.56 Å². The lowest BCUT2D eigenvalue weighted by Crippen LogP contribution is -2.50. The fourth-order valence-electron chi connectivity index (χ4n) is 4.37. The fraction of sp³-hybridized carbons (Fsp3) is 0.727. The summed E-state index contributed by atoms with van der Waals surface area (Å²) in [5, 5.41) is 10.8. The molecule has 168 valence electrons. The number of nitrogens with zero attached hydrogens (tertiary/aromatic N) is 2. The molecule has 2 N–H and O–H groups in total. The highest BCUT2D eigenvalue weighted by atomic mass is 79.9. The lowest BCUT2D eigenvalue weighted by Gasteiger charge is -2.41. The van der Waals surface area contributed by atoms with Crippen LogP contribution in [-0.4, -0.2) is 76.8 Å². The normalized spacial score (nSPS) is 20.5. The van der Waals surface area contributed by atoms with Crippen LogP contribution in [0.15, 0.2) is 15.3 Å². The van der Waals surface area contributed by atoms with E-state index in [-0.39, 0.29) is 23.1 Å². The molecule has 7 nitrogen and oxygen atoms in total. The van der Waals surface area contributed by atoms with Crippen molar-refractivity contribution in [3.05, 3.63) is 32.2 Å². The van der Waals surface area contributed by atoms with Crippen LogP contribution in [-0.2, 0) is 4.74 Å². The molecule has 0 bridgehead atoms. The molecule has 30 heavy (non-hydrogen) atoms. The molecular formula is C22H34BrN3O4. The van der Waals surface area contributed by atoms with Crippen LogP contribution in [0.4, 0.5) is 0 Å². The number of halogens is 1. The van der Waals surface area contributed by atoms with Gasteiger partial charge in [0.1, 0.15) is 5.56 Å². The summed E-state index contributed by atoms with van der Waals surface area (Å²) in [6.45, 7) is 10.2. The van der Waals surface area contributed by atoms with Crippen molar-refractivity contribution in [1.82, 2.24) is 14.8 Å². The number of amides is 1. The summed E-state index contributed by atoms with van der Waals surface area (Å²) in [4.78, 5) is 32.4. The number of aromatic nitrogens is 1. The Morgan fingerprint density at radius 3 is 2.60 bits per heavy atom. The van der Waals surface area contributed by atoms with Gasteiger partial charge in [-0.25, -0.2) is 0 Å². The Hall–Kier alpha value is -1.22. The van der Waals surface area contributed by atoms with Crippen molar-refractivity contribution < 1.29 is 14.6 Å². The van der Waals surface area contributed by atoms with Gasteiger partial charge in [-0.1, -0.05) is 0 Å². The van der Waals surface area contributed by atoms with Gasteiger partial charge in [-0.3, -0.25) is 9.59 Å².